The van der Waals surface area contributed by atoms with E-state index in [9.17, 15) is 0 Å². The van der Waals surface area contributed by atoms with Gasteiger partial charge >= 0.3 is 0 Å². The van der Waals surface area contributed by atoms with E-state index in [0.717, 1.165) is 39.2 Å². The quantitative estimate of drug-likeness (QED) is 0.794. The SMILES string of the molecule is CCN1CCCC2(CC1)CN=C(N)N2CCOC. The van der Waals surface area contributed by atoms with Crippen molar-refractivity contribution in [3.8, 4) is 0 Å². The second-order valence-electron chi connectivity index (χ2n) is 5.33. The van der Waals surface area contributed by atoms with Gasteiger partial charge in [0.15, 0.2) is 5.96 Å². The number of rotatable bonds is 4. The molecule has 5 heteroatoms. The average molecular weight is 254 g/mol. The Morgan fingerprint density at radius 3 is 2.94 bits per heavy atom. The van der Waals surface area contributed by atoms with Gasteiger partial charge in [-0.05, 0) is 32.4 Å². The first-order chi connectivity index (χ1) is 8.72. The van der Waals surface area contributed by atoms with Crippen LogP contribution in [0.1, 0.15) is 26.2 Å². The Kier molecular flexibility index (Phi) is 4.45. The van der Waals surface area contributed by atoms with Crippen molar-refractivity contribution < 1.29 is 4.74 Å². The van der Waals surface area contributed by atoms with Crippen LogP contribution in [0.25, 0.3) is 0 Å². The molecule has 2 aliphatic rings. The van der Waals surface area contributed by atoms with Gasteiger partial charge in [-0.15, -0.1) is 0 Å². The molecule has 104 valence electrons. The third-order valence-electron chi connectivity index (χ3n) is 4.36. The third kappa shape index (κ3) is 2.62. The molecule has 0 saturated carbocycles. The Hall–Kier alpha value is -0.810. The molecule has 0 bridgehead atoms. The van der Waals surface area contributed by atoms with E-state index < -0.39 is 0 Å². The van der Waals surface area contributed by atoms with Gasteiger partial charge in [0.05, 0.1) is 18.7 Å². The van der Waals surface area contributed by atoms with Gasteiger partial charge in [-0.1, -0.05) is 6.92 Å². The highest BCUT2D eigenvalue weighted by Gasteiger charge is 2.42. The van der Waals surface area contributed by atoms with Crippen molar-refractivity contribution in [2.45, 2.75) is 31.7 Å². The molecule has 0 radical (unpaired) electrons. The smallest absolute Gasteiger partial charge is 0.191 e. The van der Waals surface area contributed by atoms with Crippen LogP contribution in [-0.2, 0) is 4.74 Å². The van der Waals surface area contributed by atoms with Crippen molar-refractivity contribution >= 4 is 5.96 Å². The fourth-order valence-corrected chi connectivity index (χ4v) is 3.16. The van der Waals surface area contributed by atoms with Crippen LogP contribution in [-0.4, -0.2) is 67.7 Å². The molecule has 0 aromatic carbocycles. The number of hydrogen-bond acceptors (Lipinski definition) is 5. The summed E-state index contributed by atoms with van der Waals surface area (Å²) in [5.41, 5.74) is 6.21. The van der Waals surface area contributed by atoms with E-state index in [0.29, 0.717) is 5.96 Å². The molecule has 1 spiro atoms. The molecule has 2 aliphatic heterocycles. The Balaban J connectivity index is 2.04. The summed E-state index contributed by atoms with van der Waals surface area (Å²) in [6, 6.07) is 0. The van der Waals surface area contributed by atoms with Crippen LogP contribution in [0.15, 0.2) is 4.99 Å². The van der Waals surface area contributed by atoms with E-state index in [-0.39, 0.29) is 5.54 Å². The molecule has 2 heterocycles. The fourth-order valence-electron chi connectivity index (χ4n) is 3.16. The van der Waals surface area contributed by atoms with E-state index >= 15 is 0 Å². The van der Waals surface area contributed by atoms with Crippen LogP contribution in [0.3, 0.4) is 0 Å². The largest absolute Gasteiger partial charge is 0.383 e. The standard InChI is InChI=1S/C13H26N4O/c1-3-16-7-4-5-13(6-8-16)11-15-12(14)17(13)9-10-18-2/h3-11H2,1-2H3,(H2,14,15). The van der Waals surface area contributed by atoms with Gasteiger partial charge in [0.2, 0.25) is 0 Å². The van der Waals surface area contributed by atoms with E-state index in [1.54, 1.807) is 7.11 Å². The van der Waals surface area contributed by atoms with Crippen molar-refractivity contribution in [1.82, 2.24) is 9.80 Å². The molecule has 18 heavy (non-hydrogen) atoms. The van der Waals surface area contributed by atoms with Crippen LogP contribution in [0, 0.1) is 0 Å². The molecule has 0 amide bonds. The molecule has 5 nitrogen and oxygen atoms in total. The number of hydrogen-bond donors (Lipinski definition) is 1. The molecular weight excluding hydrogens is 228 g/mol. The first-order valence-electron chi connectivity index (χ1n) is 7.01. The molecule has 1 saturated heterocycles. The van der Waals surface area contributed by atoms with Crippen LogP contribution < -0.4 is 5.73 Å². The summed E-state index contributed by atoms with van der Waals surface area (Å²) in [5.74, 6) is 0.706. The molecule has 1 unspecified atom stereocenters. The second kappa shape index (κ2) is 5.89. The summed E-state index contributed by atoms with van der Waals surface area (Å²) in [4.78, 5) is 9.30. The van der Waals surface area contributed by atoms with E-state index in [1.807, 2.05) is 0 Å². The molecule has 2 N–H and O–H groups in total. The number of ether oxygens (including phenoxy) is 1. The zero-order valence-electron chi connectivity index (χ0n) is 11.7. The van der Waals surface area contributed by atoms with E-state index in [1.165, 1.54) is 19.4 Å². The molecule has 1 atom stereocenters. The van der Waals surface area contributed by atoms with Crippen LogP contribution in [0.5, 0.6) is 0 Å². The number of aliphatic imine (C=N–C) groups is 1. The lowest BCUT2D eigenvalue weighted by Gasteiger charge is -2.38. The lowest BCUT2D eigenvalue weighted by Crippen LogP contribution is -2.53. The van der Waals surface area contributed by atoms with Gasteiger partial charge in [-0.2, -0.15) is 0 Å². The summed E-state index contributed by atoms with van der Waals surface area (Å²) in [6.07, 6.45) is 3.59. The van der Waals surface area contributed by atoms with Gasteiger partial charge in [0.1, 0.15) is 0 Å². The Bertz CT molecular complexity index is 307. The Morgan fingerprint density at radius 1 is 1.39 bits per heavy atom. The minimum absolute atomic E-state index is 0.159. The predicted octanol–water partition coefficient (Wildman–Crippen LogP) is 0.508. The van der Waals surface area contributed by atoms with Crippen molar-refractivity contribution in [2.75, 3.05) is 46.4 Å². The van der Waals surface area contributed by atoms with E-state index in [4.69, 9.17) is 10.5 Å². The minimum atomic E-state index is 0.159. The lowest BCUT2D eigenvalue weighted by atomic mass is 9.89. The normalized spacial score (nSPS) is 29.7. The summed E-state index contributed by atoms with van der Waals surface area (Å²) in [6.45, 7) is 8.18. The minimum Gasteiger partial charge on any atom is -0.383 e. The average Bonchev–Trinajstić information content (AvgIpc) is 2.57. The monoisotopic (exact) mass is 254 g/mol. The maximum absolute atomic E-state index is 6.05. The highest BCUT2D eigenvalue weighted by Crippen LogP contribution is 2.32. The first-order valence-corrected chi connectivity index (χ1v) is 7.01. The maximum atomic E-state index is 6.05. The number of guanidine groups is 1. The number of methoxy groups -OCH3 is 1. The van der Waals surface area contributed by atoms with Crippen molar-refractivity contribution in [2.24, 2.45) is 10.7 Å². The lowest BCUT2D eigenvalue weighted by molar-refractivity contribution is 0.118. The Labute approximate surface area is 110 Å². The van der Waals surface area contributed by atoms with Gasteiger partial charge in [0, 0.05) is 20.2 Å². The van der Waals surface area contributed by atoms with Crippen molar-refractivity contribution in [1.29, 1.82) is 0 Å². The highest BCUT2D eigenvalue weighted by atomic mass is 16.5. The van der Waals surface area contributed by atoms with Gasteiger partial charge < -0.3 is 20.3 Å². The highest BCUT2D eigenvalue weighted by molar-refractivity contribution is 5.81. The number of likely N-dealkylation sites (tertiary alicyclic amines) is 1. The van der Waals surface area contributed by atoms with E-state index in [2.05, 4.69) is 21.7 Å². The zero-order chi connectivity index (χ0) is 13.0. The van der Waals surface area contributed by atoms with Crippen molar-refractivity contribution in [3.05, 3.63) is 0 Å². The van der Waals surface area contributed by atoms with Gasteiger partial charge in [-0.3, -0.25) is 4.99 Å². The Morgan fingerprint density at radius 2 is 2.22 bits per heavy atom. The molecule has 1 fully saturated rings. The number of nitrogens with two attached hydrogens (primary N) is 1. The molecular formula is C13H26N4O. The fraction of sp³-hybridized carbons (Fsp3) is 0.923. The van der Waals surface area contributed by atoms with Gasteiger partial charge in [0.25, 0.3) is 0 Å². The summed E-state index contributed by atoms with van der Waals surface area (Å²) in [5, 5.41) is 0. The second-order valence-corrected chi connectivity index (χ2v) is 5.33. The zero-order valence-corrected chi connectivity index (χ0v) is 11.7. The predicted molar refractivity (Wildman–Crippen MR) is 73.8 cm³/mol. The van der Waals surface area contributed by atoms with Gasteiger partial charge in [-0.25, -0.2) is 0 Å². The van der Waals surface area contributed by atoms with Crippen LogP contribution >= 0.6 is 0 Å². The number of nitrogens with zero attached hydrogens (tertiary/aromatic N) is 3. The molecule has 0 aromatic heterocycles. The summed E-state index contributed by atoms with van der Waals surface area (Å²) in [7, 11) is 1.74. The van der Waals surface area contributed by atoms with Crippen LogP contribution in [0.4, 0.5) is 0 Å². The first kappa shape index (κ1) is 13.6. The van der Waals surface area contributed by atoms with Crippen molar-refractivity contribution in [3.63, 3.8) is 0 Å². The molecule has 0 aromatic rings. The van der Waals surface area contributed by atoms with Crippen LogP contribution in [0.2, 0.25) is 0 Å². The molecule has 0 aliphatic carbocycles. The maximum Gasteiger partial charge on any atom is 0.191 e. The third-order valence-corrected chi connectivity index (χ3v) is 4.36. The summed E-state index contributed by atoms with van der Waals surface area (Å²) < 4.78 is 5.20. The topological polar surface area (TPSA) is 54.1 Å². The molecule has 2 rings (SSSR count). The summed E-state index contributed by atoms with van der Waals surface area (Å²) >= 11 is 0.